The number of fused-ring (bicyclic) bond motifs is 1. The van der Waals surface area contributed by atoms with Gasteiger partial charge in [-0.15, -0.1) is 0 Å². The summed E-state index contributed by atoms with van der Waals surface area (Å²) in [4.78, 5) is 0.00477. The molecule has 5 heteroatoms. The van der Waals surface area contributed by atoms with E-state index >= 15 is 0 Å². The first-order valence-corrected chi connectivity index (χ1v) is 9.39. The van der Waals surface area contributed by atoms with Gasteiger partial charge in [0, 0.05) is 5.39 Å². The second kappa shape index (κ2) is 9.19. The van der Waals surface area contributed by atoms with Crippen molar-refractivity contribution in [3.63, 3.8) is 0 Å². The molecule has 0 aliphatic rings. The number of unbranched alkanes of at least 4 members (excludes halogenated alkanes) is 2. The molecule has 2 rings (SSSR count). The smallest absolute Gasteiger partial charge is 0.744 e. The SMILES string of the molecule is CCCCc1ccc2cccc(CCCC)c2c1S(=O)(=O)[O-].[Na+]. The Bertz CT molecular complexity index is 754. The van der Waals surface area contributed by atoms with Gasteiger partial charge in [0.05, 0.1) is 4.90 Å². The van der Waals surface area contributed by atoms with Crippen molar-refractivity contribution in [1.82, 2.24) is 0 Å². The summed E-state index contributed by atoms with van der Waals surface area (Å²) in [7, 11) is -4.49. The van der Waals surface area contributed by atoms with Crippen molar-refractivity contribution in [3.8, 4) is 0 Å². The van der Waals surface area contributed by atoms with E-state index in [-0.39, 0.29) is 34.5 Å². The van der Waals surface area contributed by atoms with Crippen LogP contribution in [-0.2, 0) is 23.0 Å². The Morgan fingerprint density at radius 3 is 2.09 bits per heavy atom. The molecule has 0 radical (unpaired) electrons. The Balaban J connectivity index is 0.00000264. The number of benzene rings is 2. The van der Waals surface area contributed by atoms with Crippen LogP contribution in [0.25, 0.3) is 10.8 Å². The van der Waals surface area contributed by atoms with Crippen LogP contribution in [0.15, 0.2) is 35.2 Å². The predicted molar refractivity (Wildman–Crippen MR) is 89.1 cm³/mol. The molecule has 3 nitrogen and oxygen atoms in total. The molecule has 0 fully saturated rings. The average Bonchev–Trinajstić information content (AvgIpc) is 2.49. The molecular formula is C18H23NaO3S. The van der Waals surface area contributed by atoms with E-state index < -0.39 is 10.1 Å². The predicted octanol–water partition coefficient (Wildman–Crippen LogP) is 1.43. The van der Waals surface area contributed by atoms with E-state index in [1.54, 1.807) is 6.07 Å². The van der Waals surface area contributed by atoms with Crippen LogP contribution in [0.4, 0.5) is 0 Å². The first-order chi connectivity index (χ1) is 10.5. The van der Waals surface area contributed by atoms with Crippen LogP contribution in [0.1, 0.15) is 50.7 Å². The second-order valence-corrected chi connectivity index (χ2v) is 7.05. The fraction of sp³-hybridized carbons (Fsp3) is 0.444. The third kappa shape index (κ3) is 5.04. The summed E-state index contributed by atoms with van der Waals surface area (Å²) < 4.78 is 35.7. The zero-order chi connectivity index (χ0) is 16.2. The third-order valence-electron chi connectivity index (χ3n) is 4.02. The van der Waals surface area contributed by atoms with Crippen molar-refractivity contribution in [1.29, 1.82) is 0 Å². The molecule has 120 valence electrons. The average molecular weight is 342 g/mol. The van der Waals surface area contributed by atoms with E-state index in [0.717, 1.165) is 43.1 Å². The molecule has 0 spiro atoms. The van der Waals surface area contributed by atoms with Crippen LogP contribution in [0, 0.1) is 0 Å². The van der Waals surface area contributed by atoms with Gasteiger partial charge < -0.3 is 4.55 Å². The Morgan fingerprint density at radius 2 is 1.52 bits per heavy atom. The van der Waals surface area contributed by atoms with E-state index in [4.69, 9.17) is 0 Å². The van der Waals surface area contributed by atoms with Gasteiger partial charge in [-0.25, -0.2) is 8.42 Å². The van der Waals surface area contributed by atoms with Crippen LogP contribution in [-0.4, -0.2) is 13.0 Å². The molecule has 0 N–H and O–H groups in total. The summed E-state index contributed by atoms with van der Waals surface area (Å²) in [6.07, 6.45) is 5.29. The fourth-order valence-electron chi connectivity index (χ4n) is 2.89. The minimum absolute atomic E-state index is 0. The minimum atomic E-state index is -4.49. The van der Waals surface area contributed by atoms with Gasteiger partial charge >= 0.3 is 29.6 Å². The normalized spacial score (nSPS) is 11.4. The van der Waals surface area contributed by atoms with Gasteiger partial charge in [-0.3, -0.25) is 0 Å². The Labute approximate surface area is 161 Å². The molecule has 0 heterocycles. The molecular weight excluding hydrogens is 319 g/mol. The molecule has 0 saturated carbocycles. The molecule has 0 aliphatic carbocycles. The molecule has 0 aliphatic heterocycles. The van der Waals surface area contributed by atoms with Crippen molar-refractivity contribution >= 4 is 20.9 Å². The van der Waals surface area contributed by atoms with Gasteiger partial charge in [-0.2, -0.15) is 0 Å². The zero-order valence-corrected chi connectivity index (χ0v) is 17.1. The third-order valence-corrected chi connectivity index (χ3v) is 4.98. The first kappa shape index (κ1) is 20.7. The molecule has 0 aromatic heterocycles. The minimum Gasteiger partial charge on any atom is -0.744 e. The Kier molecular flexibility index (Phi) is 8.25. The van der Waals surface area contributed by atoms with Crippen molar-refractivity contribution in [2.75, 3.05) is 0 Å². The van der Waals surface area contributed by atoms with Gasteiger partial charge in [-0.05, 0) is 42.2 Å². The van der Waals surface area contributed by atoms with Crippen LogP contribution in [0.5, 0.6) is 0 Å². The number of hydrogen-bond donors (Lipinski definition) is 0. The summed E-state index contributed by atoms with van der Waals surface area (Å²) in [6.45, 7) is 4.15. The molecule has 0 atom stereocenters. The van der Waals surface area contributed by atoms with Gasteiger partial charge in [-0.1, -0.05) is 57.0 Å². The second-order valence-electron chi connectivity index (χ2n) is 5.73. The summed E-state index contributed by atoms with van der Waals surface area (Å²) >= 11 is 0. The summed E-state index contributed by atoms with van der Waals surface area (Å²) in [5, 5.41) is 1.47. The van der Waals surface area contributed by atoms with E-state index in [9.17, 15) is 13.0 Å². The van der Waals surface area contributed by atoms with E-state index in [0.29, 0.717) is 17.4 Å². The largest absolute Gasteiger partial charge is 1.00 e. The van der Waals surface area contributed by atoms with E-state index in [1.807, 2.05) is 24.3 Å². The maximum atomic E-state index is 11.9. The monoisotopic (exact) mass is 342 g/mol. The van der Waals surface area contributed by atoms with Gasteiger partial charge in [0.25, 0.3) is 0 Å². The number of hydrogen-bond acceptors (Lipinski definition) is 3. The summed E-state index contributed by atoms with van der Waals surface area (Å²) in [6, 6.07) is 9.48. The van der Waals surface area contributed by atoms with Crippen LogP contribution in [0.3, 0.4) is 0 Å². The number of aryl methyl sites for hydroxylation is 2. The molecule has 0 amide bonds. The van der Waals surface area contributed by atoms with Crippen LogP contribution >= 0.6 is 0 Å². The Morgan fingerprint density at radius 1 is 0.913 bits per heavy atom. The molecule has 23 heavy (non-hydrogen) atoms. The standard InChI is InChI=1S/C18H24O3S.Na/c1-3-5-8-14-10-7-11-15-12-13-16(9-6-4-2)18(17(14)15)22(19,20)21;/h7,10-13H,3-6,8-9H2,1-2H3,(H,19,20,21);/q;+1/p-1. The topological polar surface area (TPSA) is 57.2 Å². The maximum Gasteiger partial charge on any atom is 1.00 e. The molecule has 0 bridgehead atoms. The van der Waals surface area contributed by atoms with Crippen LogP contribution < -0.4 is 29.6 Å². The summed E-state index contributed by atoms with van der Waals surface area (Å²) in [5.41, 5.74) is 1.63. The van der Waals surface area contributed by atoms with Crippen LogP contribution in [0.2, 0.25) is 0 Å². The van der Waals surface area contributed by atoms with Crippen molar-refractivity contribution in [3.05, 3.63) is 41.5 Å². The van der Waals surface area contributed by atoms with Crippen molar-refractivity contribution in [2.24, 2.45) is 0 Å². The van der Waals surface area contributed by atoms with Gasteiger partial charge in [0.2, 0.25) is 0 Å². The maximum absolute atomic E-state index is 11.9. The Hall–Kier alpha value is -0.390. The number of rotatable bonds is 7. The molecule has 0 unspecified atom stereocenters. The van der Waals surface area contributed by atoms with Crippen molar-refractivity contribution in [2.45, 2.75) is 57.3 Å². The first-order valence-electron chi connectivity index (χ1n) is 7.98. The molecule has 0 saturated heterocycles. The van der Waals surface area contributed by atoms with Crippen molar-refractivity contribution < 1.29 is 42.5 Å². The van der Waals surface area contributed by atoms with Gasteiger partial charge in [0.15, 0.2) is 0 Å². The molecule has 2 aromatic carbocycles. The molecule has 2 aromatic rings. The van der Waals surface area contributed by atoms with Gasteiger partial charge in [0.1, 0.15) is 10.1 Å². The zero-order valence-electron chi connectivity index (χ0n) is 14.3. The van der Waals surface area contributed by atoms with E-state index in [2.05, 4.69) is 13.8 Å². The quantitative estimate of drug-likeness (QED) is 0.565. The fourth-order valence-corrected chi connectivity index (χ4v) is 3.88. The van der Waals surface area contributed by atoms with E-state index in [1.165, 1.54) is 0 Å². The summed E-state index contributed by atoms with van der Waals surface area (Å²) in [5.74, 6) is 0.